The van der Waals surface area contributed by atoms with Crippen LogP contribution in [0.4, 0.5) is 0 Å². The Hall–Kier alpha value is -4.27. The first-order chi connectivity index (χ1) is 17.2. The second-order valence-corrected chi connectivity index (χ2v) is 9.63. The average Bonchev–Trinajstić information content (AvgIpc) is 2.89. The first kappa shape index (κ1) is 21.3. The van der Waals surface area contributed by atoms with Crippen LogP contribution in [-0.2, 0) is 4.57 Å². The lowest BCUT2D eigenvalue weighted by molar-refractivity contribution is 0.301. The van der Waals surface area contributed by atoms with Crippen LogP contribution < -0.4 is 13.6 Å². The fraction of sp³-hybridized carbons (Fsp3) is 0. The number of rotatable bonds is 6. The molecule has 5 heteroatoms. The molecule has 6 aromatic rings. The molecule has 0 bridgehead atoms. The maximum atomic E-state index is 14.3. The summed E-state index contributed by atoms with van der Waals surface area (Å²) in [5.74, 6) is 1.24. The van der Waals surface area contributed by atoms with Gasteiger partial charge in [-0.15, -0.1) is 0 Å². The van der Waals surface area contributed by atoms with Crippen molar-refractivity contribution in [2.45, 2.75) is 0 Å². The van der Waals surface area contributed by atoms with Gasteiger partial charge in [0.05, 0.1) is 0 Å². The molecule has 0 saturated heterocycles. The third kappa shape index (κ3) is 4.32. The van der Waals surface area contributed by atoms with Gasteiger partial charge in [-0.3, -0.25) is 0 Å². The normalized spacial score (nSPS) is 11.5. The summed E-state index contributed by atoms with van der Waals surface area (Å²) in [6.45, 7) is 0. The van der Waals surface area contributed by atoms with E-state index in [0.717, 1.165) is 32.3 Å². The molecule has 4 nitrogen and oxygen atoms in total. The molecule has 0 heterocycles. The largest absolute Gasteiger partial charge is 0.647 e. The van der Waals surface area contributed by atoms with Crippen LogP contribution >= 0.6 is 7.82 Å². The topological polar surface area (TPSA) is 44.8 Å². The van der Waals surface area contributed by atoms with Gasteiger partial charge in [0.1, 0.15) is 17.2 Å². The van der Waals surface area contributed by atoms with Crippen LogP contribution in [0.25, 0.3) is 32.3 Å². The fourth-order valence-electron chi connectivity index (χ4n) is 4.20. The summed E-state index contributed by atoms with van der Waals surface area (Å²) in [6, 6.07) is 40.2. The van der Waals surface area contributed by atoms with Crippen LogP contribution in [0.15, 0.2) is 127 Å². The Morgan fingerprint density at radius 2 is 0.914 bits per heavy atom. The van der Waals surface area contributed by atoms with Gasteiger partial charge in [-0.2, -0.15) is 4.57 Å². The number of phosphoric acid groups is 1. The van der Waals surface area contributed by atoms with Crippen molar-refractivity contribution in [2.75, 3.05) is 0 Å². The molecular formula is C30H21O4P. The maximum Gasteiger partial charge on any atom is 0.647 e. The minimum atomic E-state index is -4.17. The van der Waals surface area contributed by atoms with Crippen molar-refractivity contribution in [1.82, 2.24) is 0 Å². The van der Waals surface area contributed by atoms with Gasteiger partial charge in [0.25, 0.3) is 0 Å². The summed E-state index contributed by atoms with van der Waals surface area (Å²) in [7, 11) is -4.17. The predicted octanol–water partition coefficient (Wildman–Crippen LogP) is 8.79. The Kier molecular flexibility index (Phi) is 5.36. The highest BCUT2D eigenvalue weighted by Gasteiger charge is 2.34. The van der Waals surface area contributed by atoms with Gasteiger partial charge >= 0.3 is 7.82 Å². The second kappa shape index (κ2) is 8.83. The van der Waals surface area contributed by atoms with Crippen molar-refractivity contribution in [2.24, 2.45) is 0 Å². The first-order valence-electron chi connectivity index (χ1n) is 11.3. The molecule has 170 valence electrons. The lowest BCUT2D eigenvalue weighted by Crippen LogP contribution is -2.08. The minimum Gasteiger partial charge on any atom is -0.386 e. The van der Waals surface area contributed by atoms with E-state index in [2.05, 4.69) is 0 Å². The van der Waals surface area contributed by atoms with Crippen molar-refractivity contribution in [1.29, 1.82) is 0 Å². The van der Waals surface area contributed by atoms with Crippen molar-refractivity contribution in [3.05, 3.63) is 127 Å². The van der Waals surface area contributed by atoms with Gasteiger partial charge in [0.15, 0.2) is 0 Å². The monoisotopic (exact) mass is 476 g/mol. The van der Waals surface area contributed by atoms with E-state index in [4.69, 9.17) is 13.6 Å². The molecule has 0 atom stereocenters. The Labute approximate surface area is 202 Å². The van der Waals surface area contributed by atoms with Crippen molar-refractivity contribution in [3.63, 3.8) is 0 Å². The van der Waals surface area contributed by atoms with Crippen molar-refractivity contribution < 1.29 is 18.1 Å². The molecule has 0 spiro atoms. The van der Waals surface area contributed by atoms with Gasteiger partial charge in [-0.25, -0.2) is 0 Å². The van der Waals surface area contributed by atoms with Gasteiger partial charge in [-0.05, 0) is 45.8 Å². The fourth-order valence-corrected chi connectivity index (χ4v) is 5.48. The molecule has 0 aliphatic carbocycles. The smallest absolute Gasteiger partial charge is 0.386 e. The third-order valence-corrected chi connectivity index (χ3v) is 7.13. The van der Waals surface area contributed by atoms with Crippen molar-refractivity contribution in [3.8, 4) is 17.2 Å². The van der Waals surface area contributed by atoms with E-state index >= 15 is 0 Å². The molecule has 0 aromatic heterocycles. The van der Waals surface area contributed by atoms with E-state index in [1.165, 1.54) is 0 Å². The lowest BCUT2D eigenvalue weighted by Gasteiger charge is -2.21. The van der Waals surface area contributed by atoms with Gasteiger partial charge in [-0.1, -0.05) is 103 Å². The molecular weight excluding hydrogens is 455 g/mol. The van der Waals surface area contributed by atoms with Crippen LogP contribution in [0, 0.1) is 0 Å². The van der Waals surface area contributed by atoms with E-state index in [-0.39, 0.29) is 0 Å². The van der Waals surface area contributed by atoms with E-state index in [9.17, 15) is 4.57 Å². The maximum absolute atomic E-state index is 14.3. The standard InChI is InChI=1S/C30H21O4P/c31-35(32-26-20-19-22-9-1-2-12-25(22)21-26,33-29-17-7-13-23-10-3-5-15-27(23)29)34-30-18-8-14-24-11-4-6-16-28(24)30/h1-21H. The quantitative estimate of drug-likeness (QED) is 0.225. The summed E-state index contributed by atoms with van der Waals surface area (Å²) in [4.78, 5) is 0. The zero-order valence-electron chi connectivity index (χ0n) is 18.7. The minimum absolute atomic E-state index is 0.396. The SMILES string of the molecule is O=P(Oc1ccc2ccccc2c1)(Oc1cccc2ccccc12)Oc1cccc2ccccc12. The second-order valence-electron chi connectivity index (χ2n) is 8.18. The molecule has 0 N–H and O–H groups in total. The number of benzene rings is 6. The Morgan fingerprint density at radius 1 is 0.429 bits per heavy atom. The number of hydrogen-bond donors (Lipinski definition) is 0. The molecule has 0 aliphatic rings. The zero-order valence-corrected chi connectivity index (χ0v) is 19.6. The summed E-state index contributed by atoms with van der Waals surface area (Å²) >= 11 is 0. The number of phosphoric ester groups is 1. The highest BCUT2D eigenvalue weighted by atomic mass is 31.2. The van der Waals surface area contributed by atoms with Crippen LogP contribution in [0.2, 0.25) is 0 Å². The van der Waals surface area contributed by atoms with Gasteiger partial charge in [0.2, 0.25) is 0 Å². The van der Waals surface area contributed by atoms with E-state index in [1.807, 2.05) is 109 Å². The molecule has 6 rings (SSSR count). The summed E-state index contributed by atoms with van der Waals surface area (Å²) in [5, 5.41) is 5.59. The Morgan fingerprint density at radius 3 is 1.51 bits per heavy atom. The van der Waals surface area contributed by atoms with Gasteiger partial charge in [0, 0.05) is 10.8 Å². The number of hydrogen-bond acceptors (Lipinski definition) is 4. The lowest BCUT2D eigenvalue weighted by atomic mass is 10.1. The van der Waals surface area contributed by atoms with Gasteiger partial charge < -0.3 is 13.6 Å². The molecule has 35 heavy (non-hydrogen) atoms. The molecule has 0 saturated carbocycles. The predicted molar refractivity (Wildman–Crippen MR) is 141 cm³/mol. The summed E-state index contributed by atoms with van der Waals surface area (Å²) < 4.78 is 32.5. The molecule has 0 aliphatic heterocycles. The van der Waals surface area contributed by atoms with Crippen molar-refractivity contribution >= 4 is 40.1 Å². The van der Waals surface area contributed by atoms with Crippen LogP contribution in [0.1, 0.15) is 0 Å². The summed E-state index contributed by atoms with van der Waals surface area (Å²) in [6.07, 6.45) is 0. The molecule has 0 fully saturated rings. The molecule has 0 amide bonds. The molecule has 6 aromatic carbocycles. The zero-order chi connectivity index (χ0) is 23.7. The first-order valence-corrected chi connectivity index (χ1v) is 12.8. The Bertz CT molecular complexity index is 1630. The van der Waals surface area contributed by atoms with Crippen LogP contribution in [-0.4, -0.2) is 0 Å². The highest BCUT2D eigenvalue weighted by Crippen LogP contribution is 2.52. The average molecular weight is 476 g/mol. The van der Waals surface area contributed by atoms with Crippen LogP contribution in [0.3, 0.4) is 0 Å². The highest BCUT2D eigenvalue weighted by molar-refractivity contribution is 7.49. The summed E-state index contributed by atoms with van der Waals surface area (Å²) in [5.41, 5.74) is 0. The third-order valence-electron chi connectivity index (χ3n) is 5.86. The number of fused-ring (bicyclic) bond motifs is 3. The van der Waals surface area contributed by atoms with E-state index in [1.54, 1.807) is 18.2 Å². The Balaban J connectivity index is 1.44. The molecule has 0 radical (unpaired) electrons. The van der Waals surface area contributed by atoms with E-state index in [0.29, 0.717) is 17.2 Å². The van der Waals surface area contributed by atoms with E-state index < -0.39 is 7.82 Å². The molecule has 0 unspecified atom stereocenters. The van der Waals surface area contributed by atoms with Crippen LogP contribution in [0.5, 0.6) is 17.2 Å².